The fourth-order valence-corrected chi connectivity index (χ4v) is 3.84. The van der Waals surface area contributed by atoms with Crippen molar-refractivity contribution in [3.63, 3.8) is 0 Å². The molecule has 0 saturated heterocycles. The third kappa shape index (κ3) is 2.19. The molecule has 0 atom stereocenters. The molecule has 1 aliphatic carbocycles. The van der Waals surface area contributed by atoms with E-state index in [1.807, 2.05) is 24.3 Å². The van der Waals surface area contributed by atoms with Gasteiger partial charge in [-0.05, 0) is 28.7 Å². The van der Waals surface area contributed by atoms with Gasteiger partial charge in [-0.3, -0.25) is 4.79 Å². The predicted octanol–water partition coefficient (Wildman–Crippen LogP) is 4.26. The van der Waals surface area contributed by atoms with Crippen molar-refractivity contribution in [1.29, 1.82) is 0 Å². The molecule has 0 aliphatic heterocycles. The van der Waals surface area contributed by atoms with Gasteiger partial charge in [-0.2, -0.15) is 0 Å². The van der Waals surface area contributed by atoms with Crippen LogP contribution in [0.2, 0.25) is 0 Å². The number of amides is 1. The van der Waals surface area contributed by atoms with Gasteiger partial charge in [0.15, 0.2) is 0 Å². The maximum absolute atomic E-state index is 13.1. The molecule has 3 rings (SSSR count). The number of nitrogens with one attached hydrogen (secondary N) is 1. The summed E-state index contributed by atoms with van der Waals surface area (Å²) in [5.41, 5.74) is 4.13. The fraction of sp³-hybridized carbons (Fsp3) is 0.316. The normalized spacial score (nSPS) is 14.3. The van der Waals surface area contributed by atoms with Crippen molar-refractivity contribution in [2.24, 2.45) is 0 Å². The molecule has 2 aromatic carbocycles. The number of benzene rings is 2. The van der Waals surface area contributed by atoms with Crippen LogP contribution in [-0.4, -0.2) is 17.8 Å². The van der Waals surface area contributed by atoms with Crippen molar-refractivity contribution in [2.45, 2.75) is 25.2 Å². The summed E-state index contributed by atoms with van der Waals surface area (Å²) in [7, 11) is 0. The molecule has 2 nitrogen and oxygen atoms in total. The molecular formula is C19H20BrNO. The highest BCUT2D eigenvalue weighted by atomic mass is 79.9. The SMILES string of the molecule is CCCC1(C(=O)NCCBr)c2ccccc2-c2ccccc21. The summed E-state index contributed by atoms with van der Waals surface area (Å²) < 4.78 is 0. The van der Waals surface area contributed by atoms with E-state index in [1.165, 1.54) is 11.1 Å². The van der Waals surface area contributed by atoms with Gasteiger partial charge in [0.1, 0.15) is 5.41 Å². The molecule has 114 valence electrons. The zero-order valence-corrected chi connectivity index (χ0v) is 14.3. The van der Waals surface area contributed by atoms with Gasteiger partial charge in [-0.15, -0.1) is 0 Å². The number of alkyl halides is 1. The number of carbonyl (C=O) groups is 1. The largest absolute Gasteiger partial charge is 0.354 e. The zero-order valence-electron chi connectivity index (χ0n) is 12.7. The summed E-state index contributed by atoms with van der Waals surface area (Å²) in [5.74, 6) is 0.117. The first kappa shape index (κ1) is 15.3. The van der Waals surface area contributed by atoms with Gasteiger partial charge in [0.2, 0.25) is 5.91 Å². The molecule has 1 amide bonds. The highest BCUT2D eigenvalue weighted by molar-refractivity contribution is 9.09. The summed E-state index contributed by atoms with van der Waals surface area (Å²) in [5, 5.41) is 3.86. The van der Waals surface area contributed by atoms with E-state index in [1.54, 1.807) is 0 Å². The average molecular weight is 358 g/mol. The molecule has 0 fully saturated rings. The van der Waals surface area contributed by atoms with Crippen LogP contribution in [-0.2, 0) is 10.2 Å². The quantitative estimate of drug-likeness (QED) is 0.795. The molecular weight excluding hydrogens is 338 g/mol. The zero-order chi connectivity index (χ0) is 15.6. The van der Waals surface area contributed by atoms with Gasteiger partial charge in [-0.1, -0.05) is 77.8 Å². The van der Waals surface area contributed by atoms with Crippen LogP contribution in [0.1, 0.15) is 30.9 Å². The number of carbonyl (C=O) groups excluding carboxylic acids is 1. The lowest BCUT2D eigenvalue weighted by Gasteiger charge is -2.30. The Bertz CT molecular complexity index is 650. The van der Waals surface area contributed by atoms with Crippen LogP contribution in [0.25, 0.3) is 11.1 Å². The fourth-order valence-electron chi connectivity index (χ4n) is 3.64. The smallest absolute Gasteiger partial charge is 0.235 e. The van der Waals surface area contributed by atoms with Crippen molar-refractivity contribution < 1.29 is 4.79 Å². The summed E-state index contributed by atoms with van der Waals surface area (Å²) in [6, 6.07) is 16.6. The second-order valence-corrected chi connectivity index (χ2v) is 6.48. The molecule has 2 aromatic rings. The van der Waals surface area contributed by atoms with E-state index in [-0.39, 0.29) is 5.91 Å². The van der Waals surface area contributed by atoms with Gasteiger partial charge in [-0.25, -0.2) is 0 Å². The first-order chi connectivity index (χ1) is 10.8. The van der Waals surface area contributed by atoms with Gasteiger partial charge < -0.3 is 5.32 Å². The number of fused-ring (bicyclic) bond motifs is 3. The van der Waals surface area contributed by atoms with Crippen LogP contribution in [0.5, 0.6) is 0 Å². The predicted molar refractivity (Wildman–Crippen MR) is 94.4 cm³/mol. The van der Waals surface area contributed by atoms with Crippen molar-refractivity contribution in [2.75, 3.05) is 11.9 Å². The molecule has 1 aliphatic rings. The maximum Gasteiger partial charge on any atom is 0.235 e. The molecule has 1 N–H and O–H groups in total. The Balaban J connectivity index is 2.22. The second-order valence-electron chi connectivity index (χ2n) is 5.69. The Morgan fingerprint density at radius 1 is 1.05 bits per heavy atom. The molecule has 0 unspecified atom stereocenters. The van der Waals surface area contributed by atoms with Crippen molar-refractivity contribution in [3.8, 4) is 11.1 Å². The van der Waals surface area contributed by atoms with Crippen molar-refractivity contribution in [1.82, 2.24) is 5.32 Å². The standard InChI is InChI=1S/C19H20BrNO/c1-2-11-19(18(22)21-13-12-20)16-9-5-3-7-14(16)15-8-4-6-10-17(15)19/h3-10H,2,11-13H2,1H3,(H,21,22). The highest BCUT2D eigenvalue weighted by Crippen LogP contribution is 2.51. The van der Waals surface area contributed by atoms with E-state index in [9.17, 15) is 4.79 Å². The highest BCUT2D eigenvalue weighted by Gasteiger charge is 2.47. The van der Waals surface area contributed by atoms with Gasteiger partial charge in [0, 0.05) is 11.9 Å². The van der Waals surface area contributed by atoms with Crippen LogP contribution in [0, 0.1) is 0 Å². The summed E-state index contributed by atoms with van der Waals surface area (Å²) in [6.07, 6.45) is 1.79. The van der Waals surface area contributed by atoms with E-state index in [4.69, 9.17) is 0 Å². The minimum atomic E-state index is -0.551. The minimum absolute atomic E-state index is 0.117. The average Bonchev–Trinajstić information content (AvgIpc) is 2.85. The summed E-state index contributed by atoms with van der Waals surface area (Å²) in [4.78, 5) is 13.1. The van der Waals surface area contributed by atoms with Gasteiger partial charge >= 0.3 is 0 Å². The monoisotopic (exact) mass is 357 g/mol. The third-order valence-electron chi connectivity index (χ3n) is 4.46. The topological polar surface area (TPSA) is 29.1 Å². The molecule has 0 spiro atoms. The van der Waals surface area contributed by atoms with Gasteiger partial charge in [0.25, 0.3) is 0 Å². The Labute approximate surface area is 140 Å². The van der Waals surface area contributed by atoms with E-state index >= 15 is 0 Å². The van der Waals surface area contributed by atoms with Crippen LogP contribution in [0.15, 0.2) is 48.5 Å². The summed E-state index contributed by atoms with van der Waals surface area (Å²) >= 11 is 3.39. The molecule has 22 heavy (non-hydrogen) atoms. The van der Waals surface area contributed by atoms with Crippen LogP contribution >= 0.6 is 15.9 Å². The third-order valence-corrected chi connectivity index (χ3v) is 4.85. The number of hydrogen-bond acceptors (Lipinski definition) is 1. The molecule has 0 aromatic heterocycles. The van der Waals surface area contributed by atoms with Crippen molar-refractivity contribution >= 4 is 21.8 Å². The van der Waals surface area contributed by atoms with Gasteiger partial charge in [0.05, 0.1) is 0 Å². The molecule has 0 bridgehead atoms. The first-order valence-corrected chi connectivity index (χ1v) is 8.91. The lowest BCUT2D eigenvalue weighted by molar-refractivity contribution is -0.125. The van der Waals surface area contributed by atoms with Crippen LogP contribution in [0.4, 0.5) is 0 Å². The maximum atomic E-state index is 13.1. The molecule has 0 radical (unpaired) electrons. The molecule has 0 heterocycles. The lowest BCUT2D eigenvalue weighted by Crippen LogP contribution is -2.44. The minimum Gasteiger partial charge on any atom is -0.354 e. The van der Waals surface area contributed by atoms with Crippen LogP contribution in [0.3, 0.4) is 0 Å². The Kier molecular flexibility index (Phi) is 4.34. The Hall–Kier alpha value is -1.61. The summed E-state index contributed by atoms with van der Waals surface area (Å²) in [6.45, 7) is 2.79. The number of hydrogen-bond donors (Lipinski definition) is 1. The number of halogens is 1. The van der Waals surface area contributed by atoms with E-state index in [0.29, 0.717) is 6.54 Å². The lowest BCUT2D eigenvalue weighted by atomic mass is 9.74. The van der Waals surface area contributed by atoms with E-state index in [2.05, 4.69) is 52.4 Å². The van der Waals surface area contributed by atoms with Crippen LogP contribution < -0.4 is 5.32 Å². The molecule has 0 saturated carbocycles. The van der Waals surface area contributed by atoms with E-state index in [0.717, 1.165) is 29.3 Å². The first-order valence-electron chi connectivity index (χ1n) is 7.79. The van der Waals surface area contributed by atoms with E-state index < -0.39 is 5.41 Å². The Morgan fingerprint density at radius 3 is 2.09 bits per heavy atom. The second kappa shape index (κ2) is 6.25. The molecule has 3 heteroatoms. The Morgan fingerprint density at radius 2 is 1.59 bits per heavy atom. The van der Waals surface area contributed by atoms with Crippen molar-refractivity contribution in [3.05, 3.63) is 59.7 Å². The number of rotatable bonds is 5.